The molecule has 7 heteroatoms. The quantitative estimate of drug-likeness (QED) is 0.654. The molecule has 0 radical (unpaired) electrons. The molecule has 0 spiro atoms. The Morgan fingerprint density at radius 3 is 2.60 bits per heavy atom. The normalized spacial score (nSPS) is 15.4. The van der Waals surface area contributed by atoms with Gasteiger partial charge < -0.3 is 15.5 Å². The Bertz CT molecular complexity index is 589. The van der Waals surface area contributed by atoms with Gasteiger partial charge in [0.15, 0.2) is 5.13 Å². The summed E-state index contributed by atoms with van der Waals surface area (Å²) in [6.45, 7) is 3.65. The molecule has 2 aromatic rings. The van der Waals surface area contributed by atoms with E-state index in [1.165, 1.54) is 0 Å². The summed E-state index contributed by atoms with van der Waals surface area (Å²) in [6.07, 6.45) is 1.84. The molecule has 0 saturated carbocycles. The topological polar surface area (TPSA) is 82.1 Å². The highest BCUT2D eigenvalue weighted by atomic mass is 32.1. The van der Waals surface area contributed by atoms with Crippen molar-refractivity contribution in [1.82, 2.24) is 9.97 Å². The van der Waals surface area contributed by atoms with Crippen LogP contribution >= 0.6 is 11.3 Å². The molecule has 1 saturated heterocycles. The minimum Gasteiger partial charge on any atom is -0.382 e. The molecule has 0 unspecified atom stereocenters. The van der Waals surface area contributed by atoms with E-state index in [1.54, 1.807) is 17.4 Å². The second kappa shape index (κ2) is 5.46. The van der Waals surface area contributed by atoms with Gasteiger partial charge in [-0.05, 0) is 12.1 Å². The average molecular weight is 288 g/mol. The van der Waals surface area contributed by atoms with Crippen molar-refractivity contribution in [1.29, 1.82) is 5.41 Å². The van der Waals surface area contributed by atoms with Gasteiger partial charge in [0.2, 0.25) is 0 Å². The zero-order valence-corrected chi connectivity index (χ0v) is 11.8. The second-order valence-corrected chi connectivity index (χ2v) is 5.46. The first kappa shape index (κ1) is 12.9. The Morgan fingerprint density at radius 1 is 1.20 bits per heavy atom. The molecular formula is C13H16N6S. The summed E-state index contributed by atoms with van der Waals surface area (Å²) in [6, 6.07) is 5.62. The van der Waals surface area contributed by atoms with Gasteiger partial charge in [-0.2, -0.15) is 0 Å². The van der Waals surface area contributed by atoms with E-state index in [1.807, 2.05) is 23.7 Å². The van der Waals surface area contributed by atoms with Crippen molar-refractivity contribution in [2.24, 2.45) is 5.73 Å². The molecule has 3 N–H and O–H groups in total. The van der Waals surface area contributed by atoms with Gasteiger partial charge in [0.05, 0.1) is 0 Å². The molecule has 6 nitrogen and oxygen atoms in total. The molecule has 0 amide bonds. The number of hydrogen-bond donors (Lipinski definition) is 2. The molecule has 1 aliphatic rings. The SMILES string of the molecule is N=C(N)c1cccc(N2CCN(c3nccs3)CC2)n1. The maximum absolute atomic E-state index is 7.45. The minimum absolute atomic E-state index is 0.00766. The van der Waals surface area contributed by atoms with Gasteiger partial charge in [-0.3, -0.25) is 5.41 Å². The fourth-order valence-electron chi connectivity index (χ4n) is 2.25. The largest absolute Gasteiger partial charge is 0.382 e. The molecule has 0 aliphatic carbocycles. The third kappa shape index (κ3) is 2.57. The van der Waals surface area contributed by atoms with Crippen LogP contribution < -0.4 is 15.5 Å². The van der Waals surface area contributed by atoms with Crippen molar-refractivity contribution in [2.75, 3.05) is 36.0 Å². The molecule has 3 heterocycles. The Balaban J connectivity index is 1.69. The van der Waals surface area contributed by atoms with Crippen LogP contribution in [0.2, 0.25) is 0 Å². The number of anilines is 2. The summed E-state index contributed by atoms with van der Waals surface area (Å²) in [7, 11) is 0. The molecule has 1 fully saturated rings. The molecule has 3 rings (SSSR count). The number of nitrogens with zero attached hydrogens (tertiary/aromatic N) is 4. The number of thiazole rings is 1. The molecule has 0 bridgehead atoms. The molecular weight excluding hydrogens is 272 g/mol. The fourth-order valence-corrected chi connectivity index (χ4v) is 2.95. The predicted octanol–water partition coefficient (Wildman–Crippen LogP) is 1.15. The van der Waals surface area contributed by atoms with E-state index >= 15 is 0 Å². The highest BCUT2D eigenvalue weighted by Crippen LogP contribution is 2.21. The van der Waals surface area contributed by atoms with Gasteiger partial charge in [0.1, 0.15) is 17.3 Å². The van der Waals surface area contributed by atoms with Crippen LogP contribution in [0, 0.1) is 5.41 Å². The molecule has 0 aromatic carbocycles. The van der Waals surface area contributed by atoms with Crippen molar-refractivity contribution in [3.8, 4) is 0 Å². The Kier molecular flexibility index (Phi) is 3.51. The molecule has 0 atom stereocenters. The molecule has 104 valence electrons. The van der Waals surface area contributed by atoms with Crippen LogP contribution in [0.3, 0.4) is 0 Å². The fraction of sp³-hybridized carbons (Fsp3) is 0.308. The maximum Gasteiger partial charge on any atom is 0.185 e. The lowest BCUT2D eigenvalue weighted by atomic mass is 10.3. The van der Waals surface area contributed by atoms with Gasteiger partial charge in [-0.15, -0.1) is 11.3 Å². The number of nitrogens with two attached hydrogens (primary N) is 1. The average Bonchev–Trinajstić information content (AvgIpc) is 3.02. The predicted molar refractivity (Wildman–Crippen MR) is 81.8 cm³/mol. The van der Waals surface area contributed by atoms with E-state index in [9.17, 15) is 0 Å². The third-order valence-corrected chi connectivity index (χ3v) is 4.14. The van der Waals surface area contributed by atoms with Crippen LogP contribution in [0.4, 0.5) is 10.9 Å². The summed E-state index contributed by atoms with van der Waals surface area (Å²) in [5, 5.41) is 10.5. The van der Waals surface area contributed by atoms with Gasteiger partial charge >= 0.3 is 0 Å². The first-order valence-electron chi connectivity index (χ1n) is 6.45. The highest BCUT2D eigenvalue weighted by Gasteiger charge is 2.19. The van der Waals surface area contributed by atoms with Gasteiger partial charge in [-0.1, -0.05) is 6.07 Å². The van der Waals surface area contributed by atoms with Crippen LogP contribution in [0.1, 0.15) is 5.69 Å². The molecule has 2 aromatic heterocycles. The number of aromatic nitrogens is 2. The van der Waals surface area contributed by atoms with Crippen LogP contribution in [0.15, 0.2) is 29.8 Å². The Labute approximate surface area is 121 Å². The van der Waals surface area contributed by atoms with Crippen LogP contribution in [-0.2, 0) is 0 Å². The van der Waals surface area contributed by atoms with Gasteiger partial charge in [0, 0.05) is 37.8 Å². The third-order valence-electron chi connectivity index (χ3n) is 3.30. The van der Waals surface area contributed by atoms with Crippen molar-refractivity contribution >= 4 is 28.1 Å². The second-order valence-electron chi connectivity index (χ2n) is 4.58. The lowest BCUT2D eigenvalue weighted by molar-refractivity contribution is 0.646. The number of nitrogens with one attached hydrogen (secondary N) is 1. The zero-order chi connectivity index (χ0) is 13.9. The van der Waals surface area contributed by atoms with Gasteiger partial charge in [-0.25, -0.2) is 9.97 Å². The number of rotatable bonds is 3. The Morgan fingerprint density at radius 2 is 1.95 bits per heavy atom. The van der Waals surface area contributed by atoms with Gasteiger partial charge in [0.25, 0.3) is 0 Å². The molecule has 1 aliphatic heterocycles. The highest BCUT2D eigenvalue weighted by molar-refractivity contribution is 7.13. The first-order valence-corrected chi connectivity index (χ1v) is 7.33. The lowest BCUT2D eigenvalue weighted by Gasteiger charge is -2.35. The monoisotopic (exact) mass is 288 g/mol. The Hall–Kier alpha value is -2.15. The van der Waals surface area contributed by atoms with E-state index in [0.29, 0.717) is 5.69 Å². The van der Waals surface area contributed by atoms with Crippen molar-refractivity contribution in [3.63, 3.8) is 0 Å². The summed E-state index contributed by atoms with van der Waals surface area (Å²) in [5.74, 6) is 0.893. The number of pyridine rings is 1. The zero-order valence-electron chi connectivity index (χ0n) is 11.0. The number of piperazine rings is 1. The summed E-state index contributed by atoms with van der Waals surface area (Å²) >= 11 is 1.67. The van der Waals surface area contributed by atoms with Crippen molar-refractivity contribution in [3.05, 3.63) is 35.5 Å². The summed E-state index contributed by atoms with van der Waals surface area (Å²) in [5.41, 5.74) is 6.02. The summed E-state index contributed by atoms with van der Waals surface area (Å²) < 4.78 is 0. The lowest BCUT2D eigenvalue weighted by Crippen LogP contribution is -2.46. The van der Waals surface area contributed by atoms with E-state index in [-0.39, 0.29) is 5.84 Å². The number of amidine groups is 1. The summed E-state index contributed by atoms with van der Waals surface area (Å²) in [4.78, 5) is 13.3. The molecule has 20 heavy (non-hydrogen) atoms. The van der Waals surface area contributed by atoms with Crippen LogP contribution in [0.5, 0.6) is 0 Å². The maximum atomic E-state index is 7.45. The smallest absolute Gasteiger partial charge is 0.185 e. The van der Waals surface area contributed by atoms with E-state index in [2.05, 4.69) is 19.8 Å². The van der Waals surface area contributed by atoms with E-state index in [0.717, 1.165) is 37.1 Å². The van der Waals surface area contributed by atoms with E-state index in [4.69, 9.17) is 11.1 Å². The van der Waals surface area contributed by atoms with E-state index < -0.39 is 0 Å². The number of nitrogen functional groups attached to an aromatic ring is 1. The van der Waals surface area contributed by atoms with Crippen molar-refractivity contribution < 1.29 is 0 Å². The van der Waals surface area contributed by atoms with Crippen molar-refractivity contribution in [2.45, 2.75) is 0 Å². The van der Waals surface area contributed by atoms with Crippen LogP contribution in [0.25, 0.3) is 0 Å². The van der Waals surface area contributed by atoms with Crippen LogP contribution in [-0.4, -0.2) is 42.0 Å². The minimum atomic E-state index is 0.00766. The first-order chi connectivity index (χ1) is 9.74. The number of hydrogen-bond acceptors (Lipinski definition) is 6. The standard InChI is InChI=1S/C13H16N6S/c14-12(15)10-2-1-3-11(17-10)18-5-7-19(8-6-18)13-16-4-9-20-13/h1-4,9H,5-8H2,(H3,14,15).